The molecular weight excluding hydrogens is 292 g/mol. The van der Waals surface area contributed by atoms with Crippen molar-refractivity contribution in [1.82, 2.24) is 0 Å². The van der Waals surface area contributed by atoms with Gasteiger partial charge in [0.1, 0.15) is 0 Å². The van der Waals surface area contributed by atoms with Gasteiger partial charge in [0.2, 0.25) is 5.91 Å². The molecule has 0 heterocycles. The molecule has 0 aliphatic carbocycles. The van der Waals surface area contributed by atoms with Crippen molar-refractivity contribution >= 4 is 17.5 Å². The highest BCUT2D eigenvalue weighted by atomic mass is 16.5. The van der Waals surface area contributed by atoms with E-state index < -0.39 is 5.91 Å². The second-order valence-corrected chi connectivity index (χ2v) is 5.45. The average Bonchev–Trinajstić information content (AvgIpc) is 2.54. The topological polar surface area (TPSA) is 81.4 Å². The zero-order chi connectivity index (χ0) is 16.8. The molecule has 0 saturated heterocycles. The van der Waals surface area contributed by atoms with E-state index in [-0.39, 0.29) is 12.0 Å². The third-order valence-corrected chi connectivity index (χ3v) is 3.23. The predicted octanol–water partition coefficient (Wildman–Crippen LogP) is 2.96. The Labute approximate surface area is 135 Å². The molecule has 0 unspecified atom stereocenters. The molecule has 0 aliphatic heterocycles. The third kappa shape index (κ3) is 4.93. The molecule has 0 radical (unpaired) electrons. The summed E-state index contributed by atoms with van der Waals surface area (Å²) in [6.45, 7) is 4.48. The first-order chi connectivity index (χ1) is 11.0. The van der Waals surface area contributed by atoms with Crippen molar-refractivity contribution in [2.75, 3.05) is 5.32 Å². The van der Waals surface area contributed by atoms with Gasteiger partial charge in [-0.05, 0) is 55.8 Å². The first-order valence-electron chi connectivity index (χ1n) is 7.37. The number of hydrogen-bond acceptors (Lipinski definition) is 3. The van der Waals surface area contributed by atoms with Crippen LogP contribution in [0, 0.1) is 0 Å². The summed E-state index contributed by atoms with van der Waals surface area (Å²) in [5, 5.41) is 2.77. The Balaban J connectivity index is 1.98. The summed E-state index contributed by atoms with van der Waals surface area (Å²) in [4.78, 5) is 23.2. The number of ether oxygens (including phenoxy) is 1. The Morgan fingerprint density at radius 2 is 1.57 bits per heavy atom. The van der Waals surface area contributed by atoms with Crippen molar-refractivity contribution in [3.05, 3.63) is 65.2 Å². The number of nitrogens with two attached hydrogens (primary N) is 1. The summed E-state index contributed by atoms with van der Waals surface area (Å²) in [5.41, 5.74) is 7.75. The highest BCUT2D eigenvalue weighted by Gasteiger charge is 2.07. The monoisotopic (exact) mass is 312 g/mol. The van der Waals surface area contributed by atoms with E-state index in [1.807, 2.05) is 26.0 Å². The van der Waals surface area contributed by atoms with Crippen molar-refractivity contribution in [3.8, 4) is 0 Å². The Morgan fingerprint density at radius 3 is 2.09 bits per heavy atom. The third-order valence-electron chi connectivity index (χ3n) is 3.23. The predicted molar refractivity (Wildman–Crippen MR) is 89.3 cm³/mol. The molecular formula is C18H20N2O3. The smallest absolute Gasteiger partial charge is 0.255 e. The molecule has 0 aliphatic rings. The van der Waals surface area contributed by atoms with Gasteiger partial charge in [-0.25, -0.2) is 0 Å². The molecule has 2 aromatic rings. The van der Waals surface area contributed by atoms with Crippen molar-refractivity contribution in [3.63, 3.8) is 0 Å². The van der Waals surface area contributed by atoms with Crippen molar-refractivity contribution in [1.29, 1.82) is 0 Å². The maximum Gasteiger partial charge on any atom is 0.255 e. The molecule has 2 aromatic carbocycles. The van der Waals surface area contributed by atoms with Gasteiger partial charge in [-0.2, -0.15) is 0 Å². The minimum absolute atomic E-state index is 0.168. The SMILES string of the molecule is CC(C)OCc1ccc(C(=O)Nc2ccc(C(N)=O)cc2)cc1. The minimum atomic E-state index is -0.498. The highest BCUT2D eigenvalue weighted by molar-refractivity contribution is 6.04. The van der Waals surface area contributed by atoms with Gasteiger partial charge < -0.3 is 15.8 Å². The van der Waals surface area contributed by atoms with Gasteiger partial charge >= 0.3 is 0 Å². The van der Waals surface area contributed by atoms with E-state index in [1.54, 1.807) is 36.4 Å². The zero-order valence-electron chi connectivity index (χ0n) is 13.2. The second-order valence-electron chi connectivity index (χ2n) is 5.45. The van der Waals surface area contributed by atoms with Crippen molar-refractivity contribution in [2.24, 2.45) is 5.73 Å². The Kier molecular flexibility index (Phi) is 5.49. The van der Waals surface area contributed by atoms with Crippen LogP contribution in [0.25, 0.3) is 0 Å². The fraction of sp³-hybridized carbons (Fsp3) is 0.222. The molecule has 0 saturated carbocycles. The van der Waals surface area contributed by atoms with Crippen LogP contribution in [0.3, 0.4) is 0 Å². The summed E-state index contributed by atoms with van der Waals surface area (Å²) < 4.78 is 5.52. The number of nitrogens with one attached hydrogen (secondary N) is 1. The number of amides is 2. The molecule has 0 fully saturated rings. The normalized spacial score (nSPS) is 10.6. The van der Waals surface area contributed by atoms with Gasteiger partial charge in [0.05, 0.1) is 12.7 Å². The number of benzene rings is 2. The van der Waals surface area contributed by atoms with Crippen LogP contribution in [0.2, 0.25) is 0 Å². The van der Waals surface area contributed by atoms with Gasteiger partial charge in [-0.1, -0.05) is 12.1 Å². The molecule has 2 rings (SSSR count). The molecule has 23 heavy (non-hydrogen) atoms. The van der Waals surface area contributed by atoms with Crippen LogP contribution in [-0.4, -0.2) is 17.9 Å². The lowest BCUT2D eigenvalue weighted by Crippen LogP contribution is -2.13. The summed E-state index contributed by atoms with van der Waals surface area (Å²) in [6, 6.07) is 13.7. The van der Waals surface area contributed by atoms with Gasteiger partial charge in [-0.15, -0.1) is 0 Å². The lowest BCUT2D eigenvalue weighted by Gasteiger charge is -2.09. The molecule has 0 atom stereocenters. The van der Waals surface area contributed by atoms with Gasteiger partial charge in [0.25, 0.3) is 5.91 Å². The number of hydrogen-bond donors (Lipinski definition) is 2. The van der Waals surface area contributed by atoms with Gasteiger partial charge in [0.15, 0.2) is 0 Å². The summed E-state index contributed by atoms with van der Waals surface area (Å²) in [6.07, 6.45) is 0.168. The first kappa shape index (κ1) is 16.7. The van der Waals surface area contributed by atoms with Crippen LogP contribution in [0.5, 0.6) is 0 Å². The molecule has 5 nitrogen and oxygen atoms in total. The lowest BCUT2D eigenvalue weighted by atomic mass is 10.1. The quantitative estimate of drug-likeness (QED) is 0.860. The number of carbonyl (C=O) groups is 2. The van der Waals surface area contributed by atoms with Crippen LogP contribution in [0.4, 0.5) is 5.69 Å². The standard InChI is InChI=1S/C18H20N2O3/c1-12(2)23-11-13-3-5-15(6-4-13)18(22)20-16-9-7-14(8-10-16)17(19)21/h3-10,12H,11H2,1-2H3,(H2,19,21)(H,20,22). The van der Waals surface area contributed by atoms with E-state index >= 15 is 0 Å². The number of rotatable bonds is 6. The maximum atomic E-state index is 12.2. The van der Waals surface area contributed by atoms with E-state index in [4.69, 9.17) is 10.5 Å². The number of carbonyl (C=O) groups excluding carboxylic acids is 2. The fourth-order valence-electron chi connectivity index (χ4n) is 1.94. The highest BCUT2D eigenvalue weighted by Crippen LogP contribution is 2.12. The van der Waals surface area contributed by atoms with E-state index in [0.717, 1.165) is 5.56 Å². The van der Waals surface area contributed by atoms with Crippen LogP contribution in [0.1, 0.15) is 40.1 Å². The molecule has 2 amide bonds. The summed E-state index contributed by atoms with van der Waals surface area (Å²) >= 11 is 0. The van der Waals surface area contributed by atoms with E-state index in [0.29, 0.717) is 23.4 Å². The summed E-state index contributed by atoms with van der Waals surface area (Å²) in [7, 11) is 0. The van der Waals surface area contributed by atoms with Gasteiger partial charge in [0, 0.05) is 16.8 Å². The maximum absolute atomic E-state index is 12.2. The Morgan fingerprint density at radius 1 is 1.00 bits per heavy atom. The van der Waals surface area contributed by atoms with E-state index in [2.05, 4.69) is 5.32 Å². The number of primary amides is 1. The van der Waals surface area contributed by atoms with E-state index in [1.165, 1.54) is 0 Å². The van der Waals surface area contributed by atoms with Crippen LogP contribution >= 0.6 is 0 Å². The molecule has 3 N–H and O–H groups in total. The average molecular weight is 312 g/mol. The van der Waals surface area contributed by atoms with Gasteiger partial charge in [-0.3, -0.25) is 9.59 Å². The minimum Gasteiger partial charge on any atom is -0.374 e. The Hall–Kier alpha value is -2.66. The van der Waals surface area contributed by atoms with Crippen molar-refractivity contribution in [2.45, 2.75) is 26.6 Å². The Bertz CT molecular complexity index is 676. The number of anilines is 1. The molecule has 0 aromatic heterocycles. The molecule has 120 valence electrons. The fourth-order valence-corrected chi connectivity index (χ4v) is 1.94. The summed E-state index contributed by atoms with van der Waals surface area (Å²) in [5.74, 6) is -0.713. The largest absolute Gasteiger partial charge is 0.374 e. The lowest BCUT2D eigenvalue weighted by molar-refractivity contribution is 0.0657. The van der Waals surface area contributed by atoms with Crippen LogP contribution < -0.4 is 11.1 Å². The molecule has 0 bridgehead atoms. The van der Waals surface area contributed by atoms with E-state index in [9.17, 15) is 9.59 Å². The van der Waals surface area contributed by atoms with Crippen LogP contribution in [-0.2, 0) is 11.3 Å². The zero-order valence-corrected chi connectivity index (χ0v) is 13.2. The van der Waals surface area contributed by atoms with Crippen molar-refractivity contribution < 1.29 is 14.3 Å². The first-order valence-corrected chi connectivity index (χ1v) is 7.37. The molecule has 5 heteroatoms. The second kappa shape index (κ2) is 7.56. The molecule has 0 spiro atoms. The van der Waals surface area contributed by atoms with Crippen LogP contribution in [0.15, 0.2) is 48.5 Å².